The Kier molecular flexibility index (Phi) is 4.25. The maximum absolute atomic E-state index is 12.6. The van der Waals surface area contributed by atoms with Gasteiger partial charge in [-0.2, -0.15) is 0 Å². The Balaban J connectivity index is 2.52. The van der Waals surface area contributed by atoms with Crippen LogP contribution in [-0.2, 0) is 10.0 Å². The van der Waals surface area contributed by atoms with Gasteiger partial charge in [-0.15, -0.1) is 0 Å². The highest BCUT2D eigenvalue weighted by atomic mass is 35.5. The summed E-state index contributed by atoms with van der Waals surface area (Å²) in [7, 11) is -3.69. The molecule has 112 valence electrons. The molecule has 0 aliphatic carbocycles. The van der Waals surface area contributed by atoms with Gasteiger partial charge in [-0.05, 0) is 62.1 Å². The number of aryl methyl sites for hydroxylation is 2. The maximum atomic E-state index is 12.6. The van der Waals surface area contributed by atoms with Crippen molar-refractivity contribution < 1.29 is 8.42 Å². The van der Waals surface area contributed by atoms with Crippen molar-refractivity contribution in [3.05, 3.63) is 51.7 Å². The smallest absolute Gasteiger partial charge is 0.263 e. The second kappa shape index (κ2) is 5.66. The molecule has 0 saturated heterocycles. The van der Waals surface area contributed by atoms with Gasteiger partial charge in [0.2, 0.25) is 0 Å². The number of aromatic nitrogens is 1. The van der Waals surface area contributed by atoms with E-state index in [1.54, 1.807) is 6.07 Å². The van der Waals surface area contributed by atoms with E-state index in [0.717, 1.165) is 22.3 Å². The Labute approximate surface area is 130 Å². The molecule has 21 heavy (non-hydrogen) atoms. The van der Waals surface area contributed by atoms with Crippen molar-refractivity contribution in [1.29, 1.82) is 0 Å². The Bertz CT molecular complexity index is 758. The van der Waals surface area contributed by atoms with E-state index in [4.69, 9.17) is 11.6 Å². The number of sulfonamides is 1. The highest BCUT2D eigenvalue weighted by Gasteiger charge is 2.22. The van der Waals surface area contributed by atoms with Crippen LogP contribution in [0.5, 0.6) is 0 Å². The standard InChI is InChI=1S/C15H17ClN2O2S/c1-9-7-10(2)12(4)15(11(9)3)21(19,20)18-14-6-5-13(16)8-17-14/h5-8H,1-4H3,(H,17,18). The zero-order valence-electron chi connectivity index (χ0n) is 12.4. The van der Waals surface area contributed by atoms with E-state index in [1.807, 2.05) is 33.8 Å². The minimum absolute atomic E-state index is 0.248. The molecule has 0 bridgehead atoms. The molecule has 0 spiro atoms. The van der Waals surface area contributed by atoms with Gasteiger partial charge in [0.25, 0.3) is 10.0 Å². The molecular formula is C15H17ClN2O2S. The first-order chi connectivity index (χ1) is 9.72. The van der Waals surface area contributed by atoms with Crippen LogP contribution in [0.25, 0.3) is 0 Å². The predicted octanol–water partition coefficient (Wildman–Crippen LogP) is 3.77. The molecule has 0 fully saturated rings. The van der Waals surface area contributed by atoms with E-state index in [-0.39, 0.29) is 5.82 Å². The fourth-order valence-electron chi connectivity index (χ4n) is 2.21. The van der Waals surface area contributed by atoms with Crippen LogP contribution < -0.4 is 4.72 Å². The molecule has 0 amide bonds. The van der Waals surface area contributed by atoms with Crippen LogP contribution in [0.2, 0.25) is 5.02 Å². The maximum Gasteiger partial charge on any atom is 0.263 e. The zero-order chi connectivity index (χ0) is 15.8. The molecule has 0 radical (unpaired) electrons. The lowest BCUT2D eigenvalue weighted by Crippen LogP contribution is -2.17. The third kappa shape index (κ3) is 3.19. The number of hydrogen-bond acceptors (Lipinski definition) is 3. The third-order valence-corrected chi connectivity index (χ3v) is 5.38. The number of halogens is 1. The second-order valence-corrected chi connectivity index (χ2v) is 7.11. The summed E-state index contributed by atoms with van der Waals surface area (Å²) in [4.78, 5) is 4.29. The number of rotatable bonds is 3. The molecule has 2 aromatic rings. The van der Waals surface area contributed by atoms with Crippen molar-refractivity contribution in [2.75, 3.05) is 4.72 Å². The molecule has 0 unspecified atom stereocenters. The van der Waals surface area contributed by atoms with Gasteiger partial charge in [-0.1, -0.05) is 17.7 Å². The van der Waals surface area contributed by atoms with E-state index in [0.29, 0.717) is 9.92 Å². The van der Waals surface area contributed by atoms with E-state index >= 15 is 0 Å². The van der Waals surface area contributed by atoms with Gasteiger partial charge >= 0.3 is 0 Å². The monoisotopic (exact) mass is 324 g/mol. The summed E-state index contributed by atoms with van der Waals surface area (Å²) in [5, 5.41) is 0.455. The first-order valence-corrected chi connectivity index (χ1v) is 8.30. The highest BCUT2D eigenvalue weighted by molar-refractivity contribution is 7.92. The summed E-state index contributed by atoms with van der Waals surface area (Å²) in [6, 6.07) is 5.12. The minimum atomic E-state index is -3.69. The molecule has 0 aliphatic heterocycles. The molecule has 0 atom stereocenters. The van der Waals surface area contributed by atoms with Crippen molar-refractivity contribution >= 4 is 27.4 Å². The van der Waals surface area contributed by atoms with Crippen LogP contribution in [-0.4, -0.2) is 13.4 Å². The summed E-state index contributed by atoms with van der Waals surface area (Å²) in [6.45, 7) is 7.43. The average molecular weight is 325 g/mol. The van der Waals surface area contributed by atoms with Gasteiger partial charge in [0, 0.05) is 6.20 Å². The number of pyridine rings is 1. The van der Waals surface area contributed by atoms with Crippen molar-refractivity contribution in [2.24, 2.45) is 0 Å². The van der Waals surface area contributed by atoms with E-state index in [9.17, 15) is 8.42 Å². The molecule has 1 N–H and O–H groups in total. The van der Waals surface area contributed by atoms with Crippen molar-refractivity contribution in [3.63, 3.8) is 0 Å². The van der Waals surface area contributed by atoms with Gasteiger partial charge in [-0.3, -0.25) is 4.72 Å². The fraction of sp³-hybridized carbons (Fsp3) is 0.267. The van der Waals surface area contributed by atoms with Crippen LogP contribution in [0.3, 0.4) is 0 Å². The Hall–Kier alpha value is -1.59. The Morgan fingerprint density at radius 3 is 2.10 bits per heavy atom. The molecule has 1 aromatic heterocycles. The summed E-state index contributed by atoms with van der Waals surface area (Å²) in [5.74, 6) is 0.248. The zero-order valence-corrected chi connectivity index (χ0v) is 13.9. The fourth-order valence-corrected chi connectivity index (χ4v) is 3.95. The lowest BCUT2D eigenvalue weighted by Gasteiger charge is -2.16. The topological polar surface area (TPSA) is 59.1 Å². The van der Waals surface area contributed by atoms with E-state index in [2.05, 4.69) is 9.71 Å². The molecule has 2 rings (SSSR count). The molecule has 1 heterocycles. The first kappa shape index (κ1) is 15.8. The summed E-state index contributed by atoms with van der Waals surface area (Å²) in [5.41, 5.74) is 3.39. The average Bonchev–Trinajstić information content (AvgIpc) is 2.39. The number of benzene rings is 1. The van der Waals surface area contributed by atoms with Crippen molar-refractivity contribution in [1.82, 2.24) is 4.98 Å². The Morgan fingerprint density at radius 2 is 1.62 bits per heavy atom. The number of nitrogens with one attached hydrogen (secondary N) is 1. The number of anilines is 1. The third-order valence-electron chi connectivity index (χ3n) is 3.53. The largest absolute Gasteiger partial charge is 0.263 e. The van der Waals surface area contributed by atoms with Crippen LogP contribution in [0.1, 0.15) is 22.3 Å². The summed E-state index contributed by atoms with van der Waals surface area (Å²) >= 11 is 5.75. The number of nitrogens with zero attached hydrogens (tertiary/aromatic N) is 1. The summed E-state index contributed by atoms with van der Waals surface area (Å²) in [6.07, 6.45) is 1.40. The lowest BCUT2D eigenvalue weighted by molar-refractivity contribution is 0.599. The van der Waals surface area contributed by atoms with Gasteiger partial charge in [0.15, 0.2) is 0 Å². The summed E-state index contributed by atoms with van der Waals surface area (Å²) < 4.78 is 27.8. The van der Waals surface area contributed by atoms with E-state index < -0.39 is 10.0 Å². The molecule has 0 saturated carbocycles. The first-order valence-electron chi connectivity index (χ1n) is 6.44. The SMILES string of the molecule is Cc1cc(C)c(C)c(S(=O)(=O)Nc2ccc(Cl)cn2)c1C. The van der Waals surface area contributed by atoms with E-state index in [1.165, 1.54) is 12.3 Å². The lowest BCUT2D eigenvalue weighted by atomic mass is 10.0. The predicted molar refractivity (Wildman–Crippen MR) is 85.4 cm³/mol. The minimum Gasteiger partial charge on any atom is -0.263 e. The quantitative estimate of drug-likeness (QED) is 0.935. The Morgan fingerprint density at radius 1 is 1.05 bits per heavy atom. The van der Waals surface area contributed by atoms with Gasteiger partial charge < -0.3 is 0 Å². The van der Waals surface area contributed by atoms with Crippen LogP contribution in [0.4, 0.5) is 5.82 Å². The van der Waals surface area contributed by atoms with Crippen LogP contribution in [0.15, 0.2) is 29.3 Å². The molecule has 6 heteroatoms. The molecular weight excluding hydrogens is 308 g/mol. The number of hydrogen-bond donors (Lipinski definition) is 1. The van der Waals surface area contributed by atoms with Gasteiger partial charge in [0.05, 0.1) is 9.92 Å². The molecule has 1 aromatic carbocycles. The van der Waals surface area contributed by atoms with Crippen LogP contribution in [0, 0.1) is 27.7 Å². The van der Waals surface area contributed by atoms with Crippen molar-refractivity contribution in [3.8, 4) is 0 Å². The van der Waals surface area contributed by atoms with Crippen molar-refractivity contribution in [2.45, 2.75) is 32.6 Å². The molecule has 0 aliphatic rings. The molecule has 4 nitrogen and oxygen atoms in total. The highest BCUT2D eigenvalue weighted by Crippen LogP contribution is 2.27. The normalized spacial score (nSPS) is 11.5. The van der Waals surface area contributed by atoms with Gasteiger partial charge in [0.1, 0.15) is 5.82 Å². The van der Waals surface area contributed by atoms with Crippen LogP contribution >= 0.6 is 11.6 Å². The second-order valence-electron chi connectivity index (χ2n) is 5.06. The van der Waals surface area contributed by atoms with Gasteiger partial charge in [-0.25, -0.2) is 13.4 Å².